The van der Waals surface area contributed by atoms with Crippen molar-refractivity contribution in [2.24, 2.45) is 5.92 Å². The smallest absolute Gasteiger partial charge is 0.0540 e. The van der Waals surface area contributed by atoms with Crippen molar-refractivity contribution in [2.45, 2.75) is 64.9 Å². The summed E-state index contributed by atoms with van der Waals surface area (Å²) in [6, 6.07) is 6.92. The number of benzene rings is 1. The monoisotopic (exact) mass is 246 g/mol. The summed E-state index contributed by atoms with van der Waals surface area (Å²) in [5, 5.41) is 9.56. The second-order valence-electron chi connectivity index (χ2n) is 6.22. The number of hydrogen-bond acceptors (Lipinski definition) is 1. The quantitative estimate of drug-likeness (QED) is 0.847. The highest BCUT2D eigenvalue weighted by atomic mass is 16.3. The normalized spacial score (nSPS) is 24.5. The molecule has 0 atom stereocenters. The zero-order valence-electron chi connectivity index (χ0n) is 11.9. The fraction of sp³-hybridized carbons (Fsp3) is 0.647. The standard InChI is InChI=1S/C17H26O/c1-12(2)15-7-4-13(3)16(11-15)10-14-5-8-17(18)9-6-14/h4,7,11-12,14,17-18H,5-6,8-10H2,1-3H3. The van der Waals surface area contributed by atoms with Crippen molar-refractivity contribution in [1.29, 1.82) is 0 Å². The predicted molar refractivity (Wildman–Crippen MR) is 76.9 cm³/mol. The molecule has 1 aliphatic carbocycles. The van der Waals surface area contributed by atoms with E-state index in [2.05, 4.69) is 39.0 Å². The third-order valence-corrected chi connectivity index (χ3v) is 4.36. The molecule has 0 aromatic heterocycles. The van der Waals surface area contributed by atoms with Gasteiger partial charge in [0.1, 0.15) is 0 Å². The molecule has 0 unspecified atom stereocenters. The van der Waals surface area contributed by atoms with Crippen molar-refractivity contribution in [3.63, 3.8) is 0 Å². The summed E-state index contributed by atoms with van der Waals surface area (Å²) < 4.78 is 0. The Bertz CT molecular complexity index is 387. The van der Waals surface area contributed by atoms with Gasteiger partial charge < -0.3 is 5.11 Å². The van der Waals surface area contributed by atoms with Crippen LogP contribution >= 0.6 is 0 Å². The minimum absolute atomic E-state index is 0.0376. The number of aliphatic hydroxyl groups is 1. The molecule has 0 aliphatic heterocycles. The molecule has 1 aromatic rings. The van der Waals surface area contributed by atoms with Crippen LogP contribution in [0.15, 0.2) is 18.2 Å². The molecule has 0 amide bonds. The molecular weight excluding hydrogens is 220 g/mol. The van der Waals surface area contributed by atoms with Crippen molar-refractivity contribution < 1.29 is 5.11 Å². The molecule has 1 heteroatoms. The summed E-state index contributed by atoms with van der Waals surface area (Å²) in [4.78, 5) is 0. The molecule has 100 valence electrons. The topological polar surface area (TPSA) is 20.2 Å². The van der Waals surface area contributed by atoms with E-state index >= 15 is 0 Å². The van der Waals surface area contributed by atoms with Crippen molar-refractivity contribution >= 4 is 0 Å². The Hall–Kier alpha value is -0.820. The van der Waals surface area contributed by atoms with E-state index in [-0.39, 0.29) is 6.10 Å². The number of hydrogen-bond donors (Lipinski definition) is 1. The lowest BCUT2D eigenvalue weighted by Gasteiger charge is -2.26. The van der Waals surface area contributed by atoms with E-state index in [1.54, 1.807) is 0 Å². The Kier molecular flexibility index (Phi) is 4.45. The van der Waals surface area contributed by atoms with Gasteiger partial charge in [0.15, 0.2) is 0 Å². The first kappa shape index (κ1) is 13.6. The summed E-state index contributed by atoms with van der Waals surface area (Å²) >= 11 is 0. The lowest BCUT2D eigenvalue weighted by atomic mass is 9.82. The van der Waals surface area contributed by atoms with E-state index in [0.717, 1.165) is 18.8 Å². The number of aliphatic hydroxyl groups excluding tert-OH is 1. The summed E-state index contributed by atoms with van der Waals surface area (Å²) in [5.41, 5.74) is 4.39. The van der Waals surface area contributed by atoms with Crippen LogP contribution in [-0.4, -0.2) is 11.2 Å². The van der Waals surface area contributed by atoms with Gasteiger partial charge >= 0.3 is 0 Å². The molecule has 1 aromatic carbocycles. The lowest BCUT2D eigenvalue weighted by molar-refractivity contribution is 0.108. The van der Waals surface area contributed by atoms with Crippen molar-refractivity contribution in [2.75, 3.05) is 0 Å². The molecule has 0 bridgehead atoms. The van der Waals surface area contributed by atoms with Gasteiger partial charge in [-0.3, -0.25) is 0 Å². The molecular formula is C17H26O. The zero-order valence-corrected chi connectivity index (χ0v) is 11.9. The Labute approximate surface area is 111 Å². The van der Waals surface area contributed by atoms with Gasteiger partial charge in [0.25, 0.3) is 0 Å². The van der Waals surface area contributed by atoms with Crippen molar-refractivity contribution in [1.82, 2.24) is 0 Å². The average Bonchev–Trinajstić information content (AvgIpc) is 2.34. The minimum atomic E-state index is -0.0376. The Balaban J connectivity index is 2.06. The maximum Gasteiger partial charge on any atom is 0.0540 e. The van der Waals surface area contributed by atoms with Gasteiger partial charge in [-0.25, -0.2) is 0 Å². The van der Waals surface area contributed by atoms with E-state index < -0.39 is 0 Å². The van der Waals surface area contributed by atoms with Crippen LogP contribution in [0.4, 0.5) is 0 Å². The van der Waals surface area contributed by atoms with Crippen LogP contribution in [0.3, 0.4) is 0 Å². The minimum Gasteiger partial charge on any atom is -0.393 e. The lowest BCUT2D eigenvalue weighted by Crippen LogP contribution is -2.19. The number of rotatable bonds is 3. The molecule has 0 radical (unpaired) electrons. The first-order valence-corrected chi connectivity index (χ1v) is 7.33. The molecule has 1 nitrogen and oxygen atoms in total. The van der Waals surface area contributed by atoms with E-state index in [9.17, 15) is 5.11 Å². The van der Waals surface area contributed by atoms with Gasteiger partial charge in [-0.1, -0.05) is 32.0 Å². The number of aryl methyl sites for hydroxylation is 1. The molecule has 1 aliphatic rings. The molecule has 1 fully saturated rings. The highest BCUT2D eigenvalue weighted by Gasteiger charge is 2.20. The second-order valence-corrected chi connectivity index (χ2v) is 6.22. The predicted octanol–water partition coefficient (Wildman–Crippen LogP) is 4.21. The Morgan fingerprint density at radius 2 is 1.83 bits per heavy atom. The average molecular weight is 246 g/mol. The van der Waals surface area contributed by atoms with Crippen LogP contribution in [0.25, 0.3) is 0 Å². The Morgan fingerprint density at radius 3 is 2.44 bits per heavy atom. The van der Waals surface area contributed by atoms with Crippen LogP contribution in [0.2, 0.25) is 0 Å². The molecule has 2 rings (SSSR count). The van der Waals surface area contributed by atoms with Crippen LogP contribution in [0.1, 0.15) is 62.1 Å². The second kappa shape index (κ2) is 5.88. The van der Waals surface area contributed by atoms with E-state index in [1.165, 1.54) is 36.0 Å². The molecule has 1 saturated carbocycles. The van der Waals surface area contributed by atoms with Gasteiger partial charge in [-0.2, -0.15) is 0 Å². The SMILES string of the molecule is Cc1ccc(C(C)C)cc1CC1CCC(O)CC1. The van der Waals surface area contributed by atoms with Gasteiger partial charge in [0, 0.05) is 0 Å². The van der Waals surface area contributed by atoms with Crippen molar-refractivity contribution in [3.8, 4) is 0 Å². The largest absolute Gasteiger partial charge is 0.393 e. The van der Waals surface area contributed by atoms with Crippen molar-refractivity contribution in [3.05, 3.63) is 34.9 Å². The highest BCUT2D eigenvalue weighted by Crippen LogP contribution is 2.29. The maximum atomic E-state index is 9.56. The highest BCUT2D eigenvalue weighted by molar-refractivity contribution is 5.33. The summed E-state index contributed by atoms with van der Waals surface area (Å²) in [7, 11) is 0. The fourth-order valence-electron chi connectivity index (χ4n) is 2.93. The third-order valence-electron chi connectivity index (χ3n) is 4.36. The van der Waals surface area contributed by atoms with E-state index in [4.69, 9.17) is 0 Å². The maximum absolute atomic E-state index is 9.56. The Morgan fingerprint density at radius 1 is 1.17 bits per heavy atom. The van der Waals surface area contributed by atoms with E-state index in [1.807, 2.05) is 0 Å². The van der Waals surface area contributed by atoms with Gasteiger partial charge in [-0.15, -0.1) is 0 Å². The van der Waals surface area contributed by atoms with Gasteiger partial charge in [0.2, 0.25) is 0 Å². The van der Waals surface area contributed by atoms with E-state index in [0.29, 0.717) is 5.92 Å². The van der Waals surface area contributed by atoms with Gasteiger partial charge in [-0.05, 0) is 67.6 Å². The van der Waals surface area contributed by atoms with Crippen LogP contribution in [0, 0.1) is 12.8 Å². The van der Waals surface area contributed by atoms with Crippen LogP contribution < -0.4 is 0 Å². The van der Waals surface area contributed by atoms with Gasteiger partial charge in [0.05, 0.1) is 6.10 Å². The summed E-state index contributed by atoms with van der Waals surface area (Å²) in [6.07, 6.45) is 5.52. The molecule has 1 N–H and O–H groups in total. The first-order valence-electron chi connectivity index (χ1n) is 7.33. The summed E-state index contributed by atoms with van der Waals surface area (Å²) in [5.74, 6) is 1.38. The first-order chi connectivity index (χ1) is 8.56. The van der Waals surface area contributed by atoms with Crippen LogP contribution in [-0.2, 0) is 6.42 Å². The fourth-order valence-corrected chi connectivity index (χ4v) is 2.93. The zero-order chi connectivity index (χ0) is 13.1. The molecule has 0 heterocycles. The molecule has 0 spiro atoms. The third kappa shape index (κ3) is 3.35. The molecule has 18 heavy (non-hydrogen) atoms. The van der Waals surface area contributed by atoms with Crippen LogP contribution in [0.5, 0.6) is 0 Å². The summed E-state index contributed by atoms with van der Waals surface area (Å²) in [6.45, 7) is 6.73. The molecule has 0 saturated heterocycles.